The molecule has 2 saturated heterocycles. The molecule has 0 bridgehead atoms. The van der Waals surface area contributed by atoms with Gasteiger partial charge in [0, 0.05) is 13.0 Å². The van der Waals surface area contributed by atoms with Crippen molar-refractivity contribution >= 4 is 17.5 Å². The third kappa shape index (κ3) is 0.749. The quantitative estimate of drug-likeness (QED) is 0.381. The third-order valence-corrected chi connectivity index (χ3v) is 2.91. The van der Waals surface area contributed by atoms with Crippen LogP contribution in [0.15, 0.2) is 0 Å². The maximum absolute atomic E-state index is 10.9. The molecule has 2 fully saturated rings. The number of carbonyl (C=O) groups is 1. The molecule has 2 nitrogen and oxygen atoms in total. The summed E-state index contributed by atoms with van der Waals surface area (Å²) in [5.41, 5.74) is 0. The molecule has 0 spiro atoms. The Bertz CT molecular complexity index is 171. The lowest BCUT2D eigenvalue weighted by atomic mass is 9.91. The summed E-state index contributed by atoms with van der Waals surface area (Å²) >= 11 is 5.98. The van der Waals surface area contributed by atoms with Crippen molar-refractivity contribution in [2.75, 3.05) is 6.54 Å². The first-order valence-electron chi connectivity index (χ1n) is 3.72. The number of fused-ring (bicyclic) bond motifs is 1. The van der Waals surface area contributed by atoms with Crippen molar-refractivity contribution in [1.82, 2.24) is 4.90 Å². The fourth-order valence-corrected chi connectivity index (χ4v) is 2.12. The average Bonchev–Trinajstić information content (AvgIpc) is 1.91. The standard InChI is InChI=1S/C7H10ClNO/c8-5-2-1-3-9-6(5)4-7(9)10/h5-6H,1-4H2/t5?,6-/m0/s1. The van der Waals surface area contributed by atoms with E-state index in [2.05, 4.69) is 0 Å². The average molecular weight is 160 g/mol. The van der Waals surface area contributed by atoms with Gasteiger partial charge in [-0.1, -0.05) is 0 Å². The first kappa shape index (κ1) is 6.47. The van der Waals surface area contributed by atoms with Gasteiger partial charge in [0.15, 0.2) is 0 Å². The molecule has 0 aliphatic carbocycles. The number of hydrogen-bond donors (Lipinski definition) is 0. The van der Waals surface area contributed by atoms with Gasteiger partial charge in [0.05, 0.1) is 11.4 Å². The summed E-state index contributed by atoms with van der Waals surface area (Å²) in [6.45, 7) is 0.937. The summed E-state index contributed by atoms with van der Waals surface area (Å²) < 4.78 is 0. The van der Waals surface area contributed by atoms with E-state index in [0.29, 0.717) is 12.5 Å². The van der Waals surface area contributed by atoms with Gasteiger partial charge in [-0.05, 0) is 12.8 Å². The fourth-order valence-electron chi connectivity index (χ4n) is 1.74. The molecule has 0 aromatic carbocycles. The van der Waals surface area contributed by atoms with E-state index in [0.717, 1.165) is 19.4 Å². The number of amides is 1. The highest BCUT2D eigenvalue weighted by Gasteiger charge is 2.42. The summed E-state index contributed by atoms with van der Waals surface area (Å²) in [6, 6.07) is 0.378. The summed E-state index contributed by atoms with van der Waals surface area (Å²) in [6.07, 6.45) is 2.85. The van der Waals surface area contributed by atoms with E-state index >= 15 is 0 Å². The van der Waals surface area contributed by atoms with E-state index in [4.69, 9.17) is 11.6 Å². The van der Waals surface area contributed by atoms with Crippen molar-refractivity contribution in [1.29, 1.82) is 0 Å². The van der Waals surface area contributed by atoms with Crippen LogP contribution in [-0.4, -0.2) is 28.8 Å². The molecule has 56 valence electrons. The summed E-state index contributed by atoms with van der Waals surface area (Å²) in [7, 11) is 0. The van der Waals surface area contributed by atoms with Crippen LogP contribution in [-0.2, 0) is 4.79 Å². The molecule has 0 radical (unpaired) electrons. The molecular formula is C7H10ClNO. The second-order valence-electron chi connectivity index (χ2n) is 3.02. The van der Waals surface area contributed by atoms with Gasteiger partial charge in [-0.2, -0.15) is 0 Å². The van der Waals surface area contributed by atoms with Crippen molar-refractivity contribution in [3.8, 4) is 0 Å². The van der Waals surface area contributed by atoms with Gasteiger partial charge < -0.3 is 4.90 Å². The van der Waals surface area contributed by atoms with Crippen LogP contribution in [0.4, 0.5) is 0 Å². The fraction of sp³-hybridized carbons (Fsp3) is 0.857. The first-order chi connectivity index (χ1) is 4.79. The Hall–Kier alpha value is -0.240. The maximum atomic E-state index is 10.9. The Labute approximate surface area is 65.1 Å². The van der Waals surface area contributed by atoms with Crippen LogP contribution in [0.5, 0.6) is 0 Å². The molecule has 1 amide bonds. The van der Waals surface area contributed by atoms with E-state index in [1.54, 1.807) is 0 Å². The van der Waals surface area contributed by atoms with Gasteiger partial charge in [0.1, 0.15) is 0 Å². The highest BCUT2D eigenvalue weighted by Crippen LogP contribution is 2.32. The maximum Gasteiger partial charge on any atom is 0.225 e. The highest BCUT2D eigenvalue weighted by molar-refractivity contribution is 6.21. The Morgan fingerprint density at radius 2 is 2.40 bits per heavy atom. The van der Waals surface area contributed by atoms with Gasteiger partial charge >= 0.3 is 0 Å². The van der Waals surface area contributed by atoms with Gasteiger partial charge in [-0.25, -0.2) is 0 Å². The molecule has 2 aliphatic heterocycles. The molecule has 1 unspecified atom stereocenters. The van der Waals surface area contributed by atoms with Crippen molar-refractivity contribution in [2.24, 2.45) is 0 Å². The molecule has 0 N–H and O–H groups in total. The largest absolute Gasteiger partial charge is 0.338 e. The highest BCUT2D eigenvalue weighted by atomic mass is 35.5. The van der Waals surface area contributed by atoms with Gasteiger partial charge in [0.2, 0.25) is 5.91 Å². The Balaban J connectivity index is 2.05. The van der Waals surface area contributed by atoms with Gasteiger partial charge in [-0.3, -0.25) is 4.79 Å². The van der Waals surface area contributed by atoms with Crippen molar-refractivity contribution in [3.05, 3.63) is 0 Å². The topological polar surface area (TPSA) is 20.3 Å². The molecule has 2 heterocycles. The summed E-state index contributed by atoms with van der Waals surface area (Å²) in [5.74, 6) is 0.287. The van der Waals surface area contributed by atoms with E-state index in [1.165, 1.54) is 0 Å². The number of carbonyl (C=O) groups excluding carboxylic acids is 1. The number of piperidine rings is 1. The van der Waals surface area contributed by atoms with Crippen molar-refractivity contribution in [2.45, 2.75) is 30.7 Å². The minimum Gasteiger partial charge on any atom is -0.338 e. The second kappa shape index (κ2) is 2.12. The molecule has 0 aromatic heterocycles. The van der Waals surface area contributed by atoms with E-state index in [-0.39, 0.29) is 11.3 Å². The lowest BCUT2D eigenvalue weighted by Crippen LogP contribution is -2.59. The number of alkyl halides is 1. The number of hydrogen-bond acceptors (Lipinski definition) is 1. The molecule has 2 rings (SSSR count). The van der Waals surface area contributed by atoms with Crippen LogP contribution in [0.1, 0.15) is 19.3 Å². The SMILES string of the molecule is O=C1C[C@H]2C(Cl)CCCN12. The predicted octanol–water partition coefficient (Wildman–Crippen LogP) is 0.988. The minimum atomic E-state index is 0.228. The van der Waals surface area contributed by atoms with Crippen LogP contribution in [0, 0.1) is 0 Å². The van der Waals surface area contributed by atoms with Gasteiger partial charge in [-0.15, -0.1) is 11.6 Å². The molecule has 3 heteroatoms. The molecule has 0 aromatic rings. The molecule has 10 heavy (non-hydrogen) atoms. The summed E-state index contributed by atoms with van der Waals surface area (Å²) in [4.78, 5) is 12.8. The monoisotopic (exact) mass is 159 g/mol. The van der Waals surface area contributed by atoms with E-state index < -0.39 is 0 Å². The lowest BCUT2D eigenvalue weighted by Gasteiger charge is -2.46. The van der Waals surface area contributed by atoms with Crippen LogP contribution in [0.25, 0.3) is 0 Å². The predicted molar refractivity (Wildman–Crippen MR) is 39.0 cm³/mol. The zero-order valence-electron chi connectivity index (χ0n) is 5.72. The normalized spacial score (nSPS) is 38.9. The minimum absolute atomic E-state index is 0.228. The van der Waals surface area contributed by atoms with Crippen LogP contribution in [0.2, 0.25) is 0 Å². The third-order valence-electron chi connectivity index (χ3n) is 2.40. The number of rotatable bonds is 0. The Morgan fingerprint density at radius 1 is 1.60 bits per heavy atom. The van der Waals surface area contributed by atoms with Crippen LogP contribution in [0.3, 0.4) is 0 Å². The first-order valence-corrected chi connectivity index (χ1v) is 4.16. The number of nitrogens with zero attached hydrogens (tertiary/aromatic N) is 1. The van der Waals surface area contributed by atoms with Gasteiger partial charge in [0.25, 0.3) is 0 Å². The summed E-state index contributed by atoms with van der Waals surface area (Å²) in [5, 5.41) is 0.228. The van der Waals surface area contributed by atoms with Crippen LogP contribution >= 0.6 is 11.6 Å². The Kier molecular flexibility index (Phi) is 1.37. The molecule has 2 aliphatic rings. The zero-order chi connectivity index (χ0) is 7.14. The second-order valence-corrected chi connectivity index (χ2v) is 3.58. The smallest absolute Gasteiger partial charge is 0.225 e. The molecular weight excluding hydrogens is 150 g/mol. The van der Waals surface area contributed by atoms with E-state index in [1.807, 2.05) is 4.90 Å². The molecule has 0 saturated carbocycles. The Morgan fingerprint density at radius 3 is 3.00 bits per heavy atom. The number of halogens is 1. The van der Waals surface area contributed by atoms with Crippen molar-refractivity contribution in [3.63, 3.8) is 0 Å². The zero-order valence-corrected chi connectivity index (χ0v) is 6.47. The molecule has 2 atom stereocenters. The number of β-lactam (4-membered cyclic amide) rings is 1. The van der Waals surface area contributed by atoms with Crippen molar-refractivity contribution < 1.29 is 4.79 Å². The lowest BCUT2D eigenvalue weighted by molar-refractivity contribution is -0.147. The van der Waals surface area contributed by atoms with Crippen LogP contribution < -0.4 is 0 Å². The van der Waals surface area contributed by atoms with E-state index in [9.17, 15) is 4.79 Å².